The second kappa shape index (κ2) is 7.85. The van der Waals surface area contributed by atoms with Gasteiger partial charge in [-0.15, -0.1) is 0 Å². The first-order chi connectivity index (χ1) is 13.2. The number of hydrogen-bond acceptors (Lipinski definition) is 9. The third-order valence-corrected chi connectivity index (χ3v) is 4.66. The van der Waals surface area contributed by atoms with Gasteiger partial charge in [0, 0.05) is 38.0 Å². The Bertz CT molecular complexity index is 875. The molecular weight excluding hydrogens is 348 g/mol. The second-order valence-corrected chi connectivity index (χ2v) is 6.49. The van der Waals surface area contributed by atoms with E-state index in [2.05, 4.69) is 37.5 Å². The van der Waals surface area contributed by atoms with E-state index in [4.69, 9.17) is 13.8 Å². The van der Waals surface area contributed by atoms with Gasteiger partial charge in [-0.05, 0) is 31.3 Å². The van der Waals surface area contributed by atoms with Crippen molar-refractivity contribution in [1.82, 2.24) is 30.5 Å². The molecule has 0 amide bonds. The van der Waals surface area contributed by atoms with Crippen LogP contribution in [0.4, 0.5) is 0 Å². The third-order valence-electron chi connectivity index (χ3n) is 4.66. The average molecular weight is 370 g/mol. The van der Waals surface area contributed by atoms with Crippen LogP contribution in [0.3, 0.4) is 0 Å². The number of benzene rings is 1. The van der Waals surface area contributed by atoms with E-state index in [0.717, 1.165) is 30.9 Å². The van der Waals surface area contributed by atoms with Gasteiger partial charge in [-0.3, -0.25) is 4.90 Å². The topological polar surface area (TPSA) is 102 Å². The lowest BCUT2D eigenvalue weighted by Gasteiger charge is -2.30. The van der Waals surface area contributed by atoms with Crippen LogP contribution in [0.25, 0.3) is 11.4 Å². The molecule has 9 heteroatoms. The number of aromatic nitrogens is 4. The molecular formula is C18H22N6O3. The molecule has 9 nitrogen and oxygen atoms in total. The molecule has 0 saturated carbocycles. The van der Waals surface area contributed by atoms with Crippen LogP contribution in [-0.2, 0) is 12.8 Å². The van der Waals surface area contributed by atoms with E-state index in [1.807, 2.05) is 24.3 Å². The normalized spacial score (nSPS) is 17.9. The van der Waals surface area contributed by atoms with Gasteiger partial charge in [0.2, 0.25) is 17.6 Å². The number of aryl methyl sites for hydroxylation is 2. The van der Waals surface area contributed by atoms with E-state index in [0.29, 0.717) is 36.3 Å². The molecule has 2 aromatic heterocycles. The Hall–Kier alpha value is -2.78. The van der Waals surface area contributed by atoms with E-state index >= 15 is 0 Å². The van der Waals surface area contributed by atoms with Gasteiger partial charge in [0.1, 0.15) is 5.75 Å². The highest BCUT2D eigenvalue weighted by Crippen LogP contribution is 2.21. The van der Waals surface area contributed by atoms with Crippen LogP contribution in [0.15, 0.2) is 33.3 Å². The van der Waals surface area contributed by atoms with Gasteiger partial charge in [0.25, 0.3) is 0 Å². The minimum atomic E-state index is 0.140. The predicted molar refractivity (Wildman–Crippen MR) is 96.2 cm³/mol. The molecule has 0 radical (unpaired) electrons. The van der Waals surface area contributed by atoms with Crippen molar-refractivity contribution in [1.29, 1.82) is 0 Å². The summed E-state index contributed by atoms with van der Waals surface area (Å²) in [4.78, 5) is 11.2. The van der Waals surface area contributed by atoms with Crippen LogP contribution >= 0.6 is 0 Å². The number of hydrogen-bond donors (Lipinski definition) is 1. The fourth-order valence-corrected chi connectivity index (χ4v) is 3.03. The summed E-state index contributed by atoms with van der Waals surface area (Å²) in [6, 6.07) is 7.66. The molecule has 1 saturated heterocycles. The third kappa shape index (κ3) is 3.99. The lowest BCUT2D eigenvalue weighted by molar-refractivity contribution is 0.190. The molecule has 4 rings (SSSR count). The van der Waals surface area contributed by atoms with Gasteiger partial charge in [0.15, 0.2) is 5.82 Å². The Morgan fingerprint density at radius 2 is 1.85 bits per heavy atom. The summed E-state index contributed by atoms with van der Waals surface area (Å²) in [5.41, 5.74) is 0.874. The van der Waals surface area contributed by atoms with Crippen molar-refractivity contribution >= 4 is 0 Å². The number of methoxy groups -OCH3 is 1. The number of piperazine rings is 1. The standard InChI is InChI=1S/C18H22N6O3/c1-24-10-9-19-11-14(24)18-21-16(27-23-18)8-7-15-20-17(22-26-15)12-3-5-13(25-2)6-4-12/h3-6,14,19H,7-11H2,1-2H3. The van der Waals surface area contributed by atoms with E-state index < -0.39 is 0 Å². The van der Waals surface area contributed by atoms with E-state index in [1.165, 1.54) is 0 Å². The lowest BCUT2D eigenvalue weighted by atomic mass is 10.2. The van der Waals surface area contributed by atoms with Crippen LogP contribution in [-0.4, -0.2) is 59.0 Å². The molecule has 0 aliphatic carbocycles. The maximum Gasteiger partial charge on any atom is 0.227 e. The maximum absolute atomic E-state index is 5.39. The Morgan fingerprint density at radius 1 is 1.11 bits per heavy atom. The number of nitrogens with zero attached hydrogens (tertiary/aromatic N) is 5. The molecule has 1 unspecified atom stereocenters. The molecule has 1 aliphatic heterocycles. The Morgan fingerprint density at radius 3 is 2.59 bits per heavy atom. The Kier molecular flexibility index (Phi) is 5.12. The molecule has 27 heavy (non-hydrogen) atoms. The number of likely N-dealkylation sites (N-methyl/N-ethyl adjacent to an activating group) is 1. The first kappa shape index (κ1) is 17.6. The fraction of sp³-hybridized carbons (Fsp3) is 0.444. The molecule has 3 aromatic rings. The van der Waals surface area contributed by atoms with Crippen molar-refractivity contribution in [3.8, 4) is 17.1 Å². The number of nitrogens with one attached hydrogen (secondary N) is 1. The quantitative estimate of drug-likeness (QED) is 0.691. The van der Waals surface area contributed by atoms with Crippen LogP contribution in [0.1, 0.15) is 23.6 Å². The van der Waals surface area contributed by atoms with Crippen LogP contribution in [0, 0.1) is 0 Å². The zero-order chi connectivity index (χ0) is 18.6. The zero-order valence-corrected chi connectivity index (χ0v) is 15.4. The average Bonchev–Trinajstić information content (AvgIpc) is 3.36. The predicted octanol–water partition coefficient (Wildman–Crippen LogP) is 1.49. The molecule has 1 fully saturated rings. The highest BCUT2D eigenvalue weighted by Gasteiger charge is 2.25. The van der Waals surface area contributed by atoms with Crippen molar-refractivity contribution in [2.75, 3.05) is 33.8 Å². The second-order valence-electron chi connectivity index (χ2n) is 6.49. The molecule has 3 heterocycles. The van der Waals surface area contributed by atoms with Crippen LogP contribution < -0.4 is 10.1 Å². The molecule has 1 aliphatic rings. The van der Waals surface area contributed by atoms with E-state index in [9.17, 15) is 0 Å². The zero-order valence-electron chi connectivity index (χ0n) is 15.4. The Labute approximate surface area is 156 Å². The first-order valence-electron chi connectivity index (χ1n) is 8.93. The molecule has 1 aromatic carbocycles. The van der Waals surface area contributed by atoms with E-state index in [1.54, 1.807) is 7.11 Å². The molecule has 0 spiro atoms. The highest BCUT2D eigenvalue weighted by molar-refractivity contribution is 5.55. The van der Waals surface area contributed by atoms with Crippen molar-refractivity contribution in [2.24, 2.45) is 0 Å². The fourth-order valence-electron chi connectivity index (χ4n) is 3.03. The van der Waals surface area contributed by atoms with Gasteiger partial charge in [-0.2, -0.15) is 9.97 Å². The smallest absolute Gasteiger partial charge is 0.227 e. The van der Waals surface area contributed by atoms with Gasteiger partial charge in [-0.1, -0.05) is 10.3 Å². The monoisotopic (exact) mass is 370 g/mol. The summed E-state index contributed by atoms with van der Waals surface area (Å²) in [6.07, 6.45) is 1.10. The molecule has 142 valence electrons. The molecule has 1 N–H and O–H groups in total. The van der Waals surface area contributed by atoms with Crippen LogP contribution in [0.2, 0.25) is 0 Å². The van der Waals surface area contributed by atoms with Gasteiger partial charge < -0.3 is 19.1 Å². The van der Waals surface area contributed by atoms with E-state index in [-0.39, 0.29) is 6.04 Å². The molecule has 0 bridgehead atoms. The lowest BCUT2D eigenvalue weighted by Crippen LogP contribution is -2.44. The number of rotatable bonds is 6. The summed E-state index contributed by atoms with van der Waals surface area (Å²) in [6.45, 7) is 2.76. The summed E-state index contributed by atoms with van der Waals surface area (Å²) < 4.78 is 15.9. The van der Waals surface area contributed by atoms with Gasteiger partial charge >= 0.3 is 0 Å². The minimum Gasteiger partial charge on any atom is -0.497 e. The van der Waals surface area contributed by atoms with Crippen molar-refractivity contribution in [3.63, 3.8) is 0 Å². The summed E-state index contributed by atoms with van der Waals surface area (Å²) >= 11 is 0. The SMILES string of the molecule is COc1ccc(-c2noc(CCc3nc(C4CNCCN4C)no3)n2)cc1. The minimum absolute atomic E-state index is 0.140. The summed E-state index contributed by atoms with van der Waals surface area (Å²) in [7, 11) is 3.70. The van der Waals surface area contributed by atoms with Crippen molar-refractivity contribution in [2.45, 2.75) is 18.9 Å². The summed E-state index contributed by atoms with van der Waals surface area (Å²) in [5.74, 6) is 3.16. The maximum atomic E-state index is 5.39. The van der Waals surface area contributed by atoms with Crippen molar-refractivity contribution in [3.05, 3.63) is 41.9 Å². The first-order valence-corrected chi connectivity index (χ1v) is 8.93. The van der Waals surface area contributed by atoms with Gasteiger partial charge in [0.05, 0.1) is 13.2 Å². The molecule has 1 atom stereocenters. The summed E-state index contributed by atoms with van der Waals surface area (Å²) in [5, 5.41) is 11.5. The van der Waals surface area contributed by atoms with Crippen molar-refractivity contribution < 1.29 is 13.8 Å². The largest absolute Gasteiger partial charge is 0.497 e. The van der Waals surface area contributed by atoms with Crippen LogP contribution in [0.5, 0.6) is 5.75 Å². The Balaban J connectivity index is 1.37. The van der Waals surface area contributed by atoms with Gasteiger partial charge in [-0.25, -0.2) is 0 Å². The highest BCUT2D eigenvalue weighted by atomic mass is 16.5. The number of ether oxygens (including phenoxy) is 1.